The lowest BCUT2D eigenvalue weighted by Gasteiger charge is -2.20. The number of carbonyl (C=O) groups excluding carboxylic acids is 2. The predicted molar refractivity (Wildman–Crippen MR) is 73.6 cm³/mol. The molecule has 6 nitrogen and oxygen atoms in total. The number of methoxy groups -OCH3 is 1. The second kappa shape index (κ2) is 5.61. The van der Waals surface area contributed by atoms with Gasteiger partial charge in [-0.2, -0.15) is 8.42 Å². The minimum atomic E-state index is -4.85. The lowest BCUT2D eigenvalue weighted by atomic mass is 10.1. The molecule has 1 aromatic rings. The van der Waals surface area contributed by atoms with E-state index in [2.05, 4.69) is 4.74 Å². The molecule has 1 unspecified atom stereocenters. The third-order valence-electron chi connectivity index (χ3n) is 3.15. The predicted octanol–water partition coefficient (Wildman–Crippen LogP) is 1.53. The molecule has 1 aromatic carbocycles. The third kappa shape index (κ3) is 3.01. The van der Waals surface area contributed by atoms with Crippen LogP contribution in [0.15, 0.2) is 18.2 Å². The van der Waals surface area contributed by atoms with E-state index in [9.17, 15) is 21.9 Å². The Morgan fingerprint density at radius 2 is 2.14 bits per heavy atom. The molecule has 1 amide bonds. The maximum atomic E-state index is 13.1. The lowest BCUT2D eigenvalue weighted by molar-refractivity contribution is -0.117. The summed E-state index contributed by atoms with van der Waals surface area (Å²) in [6.07, 6.45) is -0.495. The first kappa shape index (κ1) is 15.7. The van der Waals surface area contributed by atoms with Gasteiger partial charge >= 0.3 is 16.2 Å². The molecule has 114 valence electrons. The van der Waals surface area contributed by atoms with Gasteiger partial charge in [0.25, 0.3) is 0 Å². The summed E-state index contributed by atoms with van der Waals surface area (Å²) >= 11 is 5.99. The Labute approximate surface area is 125 Å². The zero-order chi connectivity index (χ0) is 15.8. The second-order valence-electron chi connectivity index (χ2n) is 4.43. The molecule has 1 saturated heterocycles. The Kier molecular flexibility index (Phi) is 4.20. The summed E-state index contributed by atoms with van der Waals surface area (Å²) < 4.78 is 39.5. The smallest absolute Gasteiger partial charge is 0.340 e. The number of nitrogens with zero attached hydrogens (tertiary/aromatic N) is 1. The fourth-order valence-electron chi connectivity index (χ4n) is 2.14. The van der Waals surface area contributed by atoms with Crippen LogP contribution in [0.25, 0.3) is 0 Å². The van der Waals surface area contributed by atoms with Crippen LogP contribution in [0.4, 0.5) is 9.57 Å². The lowest BCUT2D eigenvalue weighted by Crippen LogP contribution is -2.29. The average molecular weight is 336 g/mol. The number of carbonyl (C=O) groups is 2. The molecule has 2 rings (SSSR count). The normalized spacial score (nSPS) is 18.9. The van der Waals surface area contributed by atoms with E-state index in [-0.39, 0.29) is 16.3 Å². The van der Waals surface area contributed by atoms with Crippen LogP contribution in [-0.4, -0.2) is 39.2 Å². The number of rotatable bonds is 3. The summed E-state index contributed by atoms with van der Waals surface area (Å²) in [5.41, 5.74) is 0.0393. The van der Waals surface area contributed by atoms with Crippen molar-refractivity contribution in [3.05, 3.63) is 28.8 Å². The highest BCUT2D eigenvalue weighted by Gasteiger charge is 2.40. The van der Waals surface area contributed by atoms with E-state index in [1.165, 1.54) is 18.2 Å². The van der Waals surface area contributed by atoms with Gasteiger partial charge < -0.3 is 9.64 Å². The maximum absolute atomic E-state index is 13.1. The van der Waals surface area contributed by atoms with Gasteiger partial charge in [-0.15, -0.1) is 3.89 Å². The van der Waals surface area contributed by atoms with Crippen LogP contribution < -0.4 is 4.90 Å². The third-order valence-corrected chi connectivity index (χ3v) is 4.57. The molecule has 1 atom stereocenters. The summed E-state index contributed by atoms with van der Waals surface area (Å²) in [6.45, 7) is -0.397. The molecular formula is C12H11ClFNO5S. The monoisotopic (exact) mass is 335 g/mol. The summed E-state index contributed by atoms with van der Waals surface area (Å²) in [4.78, 5) is 24.6. The Morgan fingerprint density at radius 1 is 1.48 bits per heavy atom. The summed E-state index contributed by atoms with van der Waals surface area (Å²) in [6, 6.07) is 4.31. The molecule has 0 radical (unpaired) electrons. The average Bonchev–Trinajstić information content (AvgIpc) is 2.79. The van der Waals surface area contributed by atoms with Gasteiger partial charge in [0.05, 0.1) is 23.4 Å². The van der Waals surface area contributed by atoms with Gasteiger partial charge in [0.15, 0.2) is 0 Å². The van der Waals surface area contributed by atoms with Crippen molar-refractivity contribution < 1.29 is 26.6 Å². The van der Waals surface area contributed by atoms with Crippen molar-refractivity contribution in [1.82, 2.24) is 0 Å². The van der Waals surface area contributed by atoms with Crippen molar-refractivity contribution in [2.75, 3.05) is 18.6 Å². The highest BCUT2D eigenvalue weighted by molar-refractivity contribution is 7.87. The molecule has 0 N–H and O–H groups in total. The minimum Gasteiger partial charge on any atom is -0.465 e. The SMILES string of the molecule is COC(=O)c1cccc(Cl)c1N1CC(S(=O)(=O)F)CC1=O. The van der Waals surface area contributed by atoms with Gasteiger partial charge in [0.1, 0.15) is 5.25 Å². The van der Waals surface area contributed by atoms with E-state index in [1.54, 1.807) is 0 Å². The van der Waals surface area contributed by atoms with Gasteiger partial charge in [-0.25, -0.2) is 4.79 Å². The molecule has 1 fully saturated rings. The number of hydrogen-bond acceptors (Lipinski definition) is 5. The van der Waals surface area contributed by atoms with E-state index in [4.69, 9.17) is 11.6 Å². The molecule has 0 saturated carbocycles. The molecular weight excluding hydrogens is 325 g/mol. The Morgan fingerprint density at radius 3 is 2.67 bits per heavy atom. The van der Waals surface area contributed by atoms with Crippen LogP contribution in [0.2, 0.25) is 5.02 Å². The highest BCUT2D eigenvalue weighted by Crippen LogP contribution is 2.34. The van der Waals surface area contributed by atoms with Gasteiger partial charge in [-0.05, 0) is 12.1 Å². The molecule has 1 aliphatic heterocycles. The number of amides is 1. The topological polar surface area (TPSA) is 80.8 Å². The molecule has 9 heteroatoms. The minimum absolute atomic E-state index is 0.00950. The van der Waals surface area contributed by atoms with Crippen LogP contribution >= 0.6 is 11.6 Å². The number of esters is 1. The Hall–Kier alpha value is -1.67. The first-order valence-electron chi connectivity index (χ1n) is 5.86. The number of halogens is 2. The quantitative estimate of drug-likeness (QED) is 0.618. The highest BCUT2D eigenvalue weighted by atomic mass is 35.5. The van der Waals surface area contributed by atoms with E-state index >= 15 is 0 Å². The van der Waals surface area contributed by atoms with Gasteiger partial charge in [-0.1, -0.05) is 17.7 Å². The second-order valence-corrected chi connectivity index (χ2v) is 6.46. The molecule has 1 heterocycles. The maximum Gasteiger partial charge on any atom is 0.340 e. The first-order chi connectivity index (χ1) is 9.75. The molecule has 0 aliphatic carbocycles. The summed E-state index contributed by atoms with van der Waals surface area (Å²) in [5, 5.41) is -1.39. The molecule has 1 aliphatic rings. The van der Waals surface area contributed by atoms with Crippen LogP contribution in [0.1, 0.15) is 16.8 Å². The fraction of sp³-hybridized carbons (Fsp3) is 0.333. The number of hydrogen-bond donors (Lipinski definition) is 0. The van der Waals surface area contributed by atoms with E-state index < -0.39 is 40.3 Å². The number of anilines is 1. The largest absolute Gasteiger partial charge is 0.465 e. The Bertz CT molecular complexity index is 706. The molecule has 21 heavy (non-hydrogen) atoms. The van der Waals surface area contributed by atoms with E-state index in [0.717, 1.165) is 12.0 Å². The van der Waals surface area contributed by atoms with Gasteiger partial charge in [0, 0.05) is 13.0 Å². The Balaban J connectivity index is 2.48. The number of ether oxygens (including phenoxy) is 1. The van der Waals surface area contributed by atoms with Crippen molar-refractivity contribution >= 4 is 39.4 Å². The number of benzene rings is 1. The van der Waals surface area contributed by atoms with E-state index in [1.807, 2.05) is 0 Å². The standard InChI is InChI=1S/C12H11ClFNO5S/c1-20-12(17)8-3-2-4-9(13)11(8)15-6-7(5-10(15)16)21(14,18)19/h2-4,7H,5-6H2,1H3. The summed E-state index contributed by atoms with van der Waals surface area (Å²) in [7, 11) is -3.69. The molecule has 0 spiro atoms. The van der Waals surface area contributed by atoms with Crippen LogP contribution in [0, 0.1) is 0 Å². The number of para-hydroxylation sites is 1. The van der Waals surface area contributed by atoms with Crippen molar-refractivity contribution in [2.45, 2.75) is 11.7 Å². The molecule has 0 bridgehead atoms. The zero-order valence-electron chi connectivity index (χ0n) is 10.9. The van der Waals surface area contributed by atoms with E-state index in [0.29, 0.717) is 0 Å². The van der Waals surface area contributed by atoms with Gasteiger partial charge in [-0.3, -0.25) is 4.79 Å². The van der Waals surface area contributed by atoms with Crippen LogP contribution in [0.3, 0.4) is 0 Å². The van der Waals surface area contributed by atoms with Crippen molar-refractivity contribution in [3.8, 4) is 0 Å². The molecule has 0 aromatic heterocycles. The van der Waals surface area contributed by atoms with Crippen LogP contribution in [-0.2, 0) is 19.8 Å². The van der Waals surface area contributed by atoms with Crippen molar-refractivity contribution in [1.29, 1.82) is 0 Å². The zero-order valence-corrected chi connectivity index (χ0v) is 12.4. The summed E-state index contributed by atoms with van der Waals surface area (Å²) in [5.74, 6) is -1.36. The first-order valence-corrected chi connectivity index (χ1v) is 7.69. The van der Waals surface area contributed by atoms with Gasteiger partial charge in [0.2, 0.25) is 5.91 Å². The van der Waals surface area contributed by atoms with Crippen LogP contribution in [0.5, 0.6) is 0 Å². The van der Waals surface area contributed by atoms with Crippen molar-refractivity contribution in [3.63, 3.8) is 0 Å². The van der Waals surface area contributed by atoms with Crippen molar-refractivity contribution in [2.24, 2.45) is 0 Å². The fourth-order valence-corrected chi connectivity index (χ4v) is 3.09.